The number of amides is 2. The van der Waals surface area contributed by atoms with Crippen LogP contribution in [0.5, 0.6) is 0 Å². The van der Waals surface area contributed by atoms with Crippen LogP contribution in [-0.2, 0) is 0 Å². The quantitative estimate of drug-likeness (QED) is 0.720. The first-order valence-electron chi connectivity index (χ1n) is 8.57. The number of anilines is 2. The maximum absolute atomic E-state index is 12.0. The normalized spacial score (nSPS) is 11.6. The predicted molar refractivity (Wildman–Crippen MR) is 108 cm³/mol. The van der Waals surface area contributed by atoms with E-state index in [1.807, 2.05) is 45.2 Å². The first-order valence-corrected chi connectivity index (χ1v) is 8.57. The fraction of sp³-hybridized carbons (Fsp3) is 0.368. The van der Waals surface area contributed by atoms with Gasteiger partial charge in [0.1, 0.15) is 0 Å². The number of urea groups is 1. The molecule has 2 amide bonds. The number of aromatic nitrogens is 4. The van der Waals surface area contributed by atoms with Gasteiger partial charge in [0.25, 0.3) is 0 Å². The lowest BCUT2D eigenvalue weighted by Crippen LogP contribution is -2.29. The third-order valence-corrected chi connectivity index (χ3v) is 4.32. The molecule has 0 fully saturated rings. The highest BCUT2D eigenvalue weighted by atomic mass is 16.2. The molecule has 3 rings (SSSR count). The molecule has 2 aromatic heterocycles. The van der Waals surface area contributed by atoms with Gasteiger partial charge >= 0.3 is 6.03 Å². The molecular weight excluding hydrogens is 342 g/mol. The van der Waals surface area contributed by atoms with E-state index in [1.165, 1.54) is 5.56 Å². The summed E-state index contributed by atoms with van der Waals surface area (Å²) < 4.78 is 1.64. The summed E-state index contributed by atoms with van der Waals surface area (Å²) >= 11 is 0. The average molecular weight is 369 g/mol. The van der Waals surface area contributed by atoms with E-state index < -0.39 is 0 Å². The summed E-state index contributed by atoms with van der Waals surface area (Å²) in [4.78, 5) is 14.0. The van der Waals surface area contributed by atoms with Gasteiger partial charge in [-0.25, -0.2) is 4.79 Å². The van der Waals surface area contributed by atoms with E-state index >= 15 is 0 Å². The Balaban J connectivity index is 0.00000261. The van der Waals surface area contributed by atoms with Crippen LogP contribution in [0.15, 0.2) is 36.4 Å². The third-order valence-electron chi connectivity index (χ3n) is 4.32. The smallest absolute Gasteiger partial charge is 0.319 e. The van der Waals surface area contributed by atoms with Gasteiger partial charge in [-0.15, -0.1) is 15.3 Å². The van der Waals surface area contributed by atoms with Gasteiger partial charge in [-0.3, -0.25) is 0 Å². The van der Waals surface area contributed by atoms with Gasteiger partial charge in [-0.1, -0.05) is 37.8 Å². The first-order chi connectivity index (χ1) is 12.5. The van der Waals surface area contributed by atoms with E-state index in [0.29, 0.717) is 29.5 Å². The maximum Gasteiger partial charge on any atom is 0.319 e. The van der Waals surface area contributed by atoms with Crippen LogP contribution in [0.3, 0.4) is 0 Å². The summed E-state index contributed by atoms with van der Waals surface area (Å²) in [7, 11) is 1.97. The molecule has 3 aromatic rings. The average Bonchev–Trinajstić information content (AvgIpc) is 3.03. The van der Waals surface area contributed by atoms with Gasteiger partial charge in [0, 0.05) is 19.7 Å². The lowest BCUT2D eigenvalue weighted by molar-refractivity contribution is 0.252. The number of benzene rings is 1. The first kappa shape index (κ1) is 20.2. The van der Waals surface area contributed by atoms with Crippen molar-refractivity contribution in [1.29, 1.82) is 0 Å². The third kappa shape index (κ3) is 4.16. The molecule has 0 radical (unpaired) electrons. The molecule has 1 atom stereocenters. The Morgan fingerprint density at radius 1 is 1.26 bits per heavy atom. The molecule has 0 saturated carbocycles. The van der Waals surface area contributed by atoms with Gasteiger partial charge < -0.3 is 15.5 Å². The standard InChI is InChI=1S/C18H23N7O.CH4/c1-5-19-18(26)20-15-11-16(23-25-13(3)21-22-17(15)25)24(4)12(2)14-9-7-6-8-10-14;/h6-12H,5H2,1-4H3,(H2,19,20,26);1H4/t12-;/m0./s1. The molecular formula is C19H27N7O. The summed E-state index contributed by atoms with van der Waals surface area (Å²) in [5, 5.41) is 18.4. The summed E-state index contributed by atoms with van der Waals surface area (Å²) in [6, 6.07) is 11.8. The number of nitrogens with one attached hydrogen (secondary N) is 2. The summed E-state index contributed by atoms with van der Waals surface area (Å²) in [6.07, 6.45) is 0. The van der Waals surface area contributed by atoms with Gasteiger partial charge in [0.2, 0.25) is 5.65 Å². The van der Waals surface area contributed by atoms with Crippen molar-refractivity contribution in [3.8, 4) is 0 Å². The summed E-state index contributed by atoms with van der Waals surface area (Å²) in [6.45, 7) is 6.34. The van der Waals surface area contributed by atoms with Crippen LogP contribution in [0, 0.1) is 6.92 Å². The minimum absolute atomic E-state index is 0. The maximum atomic E-state index is 12.0. The van der Waals surface area contributed by atoms with Crippen molar-refractivity contribution in [2.45, 2.75) is 34.2 Å². The van der Waals surface area contributed by atoms with Crippen molar-refractivity contribution in [2.75, 3.05) is 23.8 Å². The fourth-order valence-electron chi connectivity index (χ4n) is 2.72. The number of carbonyl (C=O) groups is 1. The Morgan fingerprint density at radius 3 is 2.63 bits per heavy atom. The Morgan fingerprint density at radius 2 is 1.96 bits per heavy atom. The van der Waals surface area contributed by atoms with E-state index in [0.717, 1.165) is 0 Å². The van der Waals surface area contributed by atoms with Crippen LogP contribution >= 0.6 is 0 Å². The minimum atomic E-state index is -0.286. The second kappa shape index (κ2) is 8.48. The van der Waals surface area contributed by atoms with Crippen LogP contribution in [0.25, 0.3) is 5.65 Å². The van der Waals surface area contributed by atoms with Crippen LogP contribution in [0.4, 0.5) is 16.3 Å². The number of rotatable bonds is 5. The zero-order valence-corrected chi connectivity index (χ0v) is 15.4. The second-order valence-corrected chi connectivity index (χ2v) is 6.08. The van der Waals surface area contributed by atoms with E-state index in [-0.39, 0.29) is 19.5 Å². The van der Waals surface area contributed by atoms with E-state index in [2.05, 4.69) is 49.9 Å². The number of nitrogens with zero attached hydrogens (tertiary/aromatic N) is 5. The van der Waals surface area contributed by atoms with E-state index in [1.54, 1.807) is 4.52 Å². The topological polar surface area (TPSA) is 87.5 Å². The summed E-state index contributed by atoms with van der Waals surface area (Å²) in [5.74, 6) is 1.37. The molecule has 8 heteroatoms. The minimum Gasteiger partial charge on any atom is -0.351 e. The lowest BCUT2D eigenvalue weighted by Gasteiger charge is -2.26. The lowest BCUT2D eigenvalue weighted by atomic mass is 10.1. The number of hydrogen-bond donors (Lipinski definition) is 2. The van der Waals surface area contributed by atoms with Crippen LogP contribution < -0.4 is 15.5 Å². The van der Waals surface area contributed by atoms with Crippen molar-refractivity contribution in [3.63, 3.8) is 0 Å². The Hall–Kier alpha value is -3.16. The molecule has 2 N–H and O–H groups in total. The van der Waals surface area contributed by atoms with E-state index in [4.69, 9.17) is 0 Å². The number of fused-ring (bicyclic) bond motifs is 1. The fourth-order valence-corrected chi connectivity index (χ4v) is 2.72. The second-order valence-electron chi connectivity index (χ2n) is 6.08. The molecule has 8 nitrogen and oxygen atoms in total. The molecule has 0 aliphatic rings. The highest BCUT2D eigenvalue weighted by molar-refractivity contribution is 5.93. The molecule has 0 saturated heterocycles. The predicted octanol–water partition coefficient (Wildman–Crippen LogP) is 3.41. The Bertz CT molecular complexity index is 907. The van der Waals surface area contributed by atoms with Crippen molar-refractivity contribution in [3.05, 3.63) is 47.8 Å². The molecule has 27 heavy (non-hydrogen) atoms. The number of hydrogen-bond acceptors (Lipinski definition) is 5. The van der Waals surface area contributed by atoms with Gasteiger partial charge in [0.15, 0.2) is 11.6 Å². The molecule has 0 unspecified atom stereocenters. The molecule has 144 valence electrons. The molecule has 1 aromatic carbocycles. The van der Waals surface area contributed by atoms with Gasteiger partial charge in [0.05, 0.1) is 11.7 Å². The number of aryl methyl sites for hydroxylation is 1. The number of carbonyl (C=O) groups excluding carboxylic acids is 1. The van der Waals surface area contributed by atoms with Crippen molar-refractivity contribution >= 4 is 23.2 Å². The molecule has 0 bridgehead atoms. The molecule has 0 spiro atoms. The van der Waals surface area contributed by atoms with Gasteiger partial charge in [-0.05, 0) is 26.3 Å². The molecule has 0 aliphatic carbocycles. The monoisotopic (exact) mass is 369 g/mol. The zero-order chi connectivity index (χ0) is 18.7. The Labute approximate surface area is 159 Å². The zero-order valence-electron chi connectivity index (χ0n) is 15.4. The Kier molecular flexibility index (Phi) is 6.33. The van der Waals surface area contributed by atoms with Gasteiger partial charge in [-0.2, -0.15) is 4.52 Å². The SMILES string of the molecule is C.CCNC(=O)Nc1cc(N(C)[C@@H](C)c2ccccc2)nn2c(C)nnc12. The molecule has 2 heterocycles. The van der Waals surface area contributed by atoms with Crippen molar-refractivity contribution in [2.24, 2.45) is 0 Å². The largest absolute Gasteiger partial charge is 0.351 e. The van der Waals surface area contributed by atoms with Crippen molar-refractivity contribution in [1.82, 2.24) is 25.1 Å². The summed E-state index contributed by atoms with van der Waals surface area (Å²) in [5.41, 5.74) is 2.25. The highest BCUT2D eigenvalue weighted by Crippen LogP contribution is 2.27. The van der Waals surface area contributed by atoms with Crippen LogP contribution in [0.1, 0.15) is 38.7 Å². The van der Waals surface area contributed by atoms with Crippen molar-refractivity contribution < 1.29 is 4.79 Å². The van der Waals surface area contributed by atoms with Crippen LogP contribution in [-0.4, -0.2) is 39.4 Å². The van der Waals surface area contributed by atoms with E-state index in [9.17, 15) is 4.79 Å². The van der Waals surface area contributed by atoms with Crippen LogP contribution in [0.2, 0.25) is 0 Å². The highest BCUT2D eigenvalue weighted by Gasteiger charge is 2.18. The molecule has 0 aliphatic heterocycles.